The van der Waals surface area contributed by atoms with E-state index in [1.54, 1.807) is 0 Å². The predicted molar refractivity (Wildman–Crippen MR) is 64.2 cm³/mol. The van der Waals surface area contributed by atoms with Gasteiger partial charge in [-0.1, -0.05) is 13.8 Å². The summed E-state index contributed by atoms with van der Waals surface area (Å²) in [6.45, 7) is 12.3. The van der Waals surface area contributed by atoms with E-state index in [0.29, 0.717) is 0 Å². The lowest BCUT2D eigenvalue weighted by atomic mass is 10.2. The summed E-state index contributed by atoms with van der Waals surface area (Å²) in [5, 5.41) is 0. The molecule has 0 radical (unpaired) electrons. The van der Waals surface area contributed by atoms with Crippen LogP contribution in [0.1, 0.15) is 20.3 Å². The van der Waals surface area contributed by atoms with Gasteiger partial charge in [0.1, 0.15) is 0 Å². The van der Waals surface area contributed by atoms with Crippen LogP contribution in [-0.4, -0.2) is 62.8 Å². The Morgan fingerprint density at radius 3 is 2.53 bits per heavy atom. The van der Waals surface area contributed by atoms with E-state index < -0.39 is 0 Å². The molecule has 0 amide bonds. The van der Waals surface area contributed by atoms with Gasteiger partial charge in [-0.25, -0.2) is 0 Å². The molecule has 0 N–H and O–H groups in total. The lowest BCUT2D eigenvalue weighted by molar-refractivity contribution is 0.0363. The minimum Gasteiger partial charge on any atom is -0.379 e. The summed E-state index contributed by atoms with van der Waals surface area (Å²) in [6, 6.07) is 0. The van der Waals surface area contributed by atoms with Crippen molar-refractivity contribution in [2.24, 2.45) is 5.92 Å². The molecule has 0 aromatic heterocycles. The molecular formula is C12H26N2O. The molecule has 1 aliphatic heterocycles. The van der Waals surface area contributed by atoms with Crippen molar-refractivity contribution in [3.63, 3.8) is 0 Å². The Labute approximate surface area is 94.4 Å². The lowest BCUT2D eigenvalue weighted by Gasteiger charge is -2.27. The summed E-state index contributed by atoms with van der Waals surface area (Å²) < 4.78 is 5.33. The maximum absolute atomic E-state index is 5.33. The SMILES string of the molecule is CC(C)CN(C)CCCN1CCOCC1. The number of hydrogen-bond acceptors (Lipinski definition) is 3. The highest BCUT2D eigenvalue weighted by Gasteiger charge is 2.09. The standard InChI is InChI=1S/C12H26N2O/c1-12(2)11-13(3)5-4-6-14-7-9-15-10-8-14/h12H,4-11H2,1-3H3. The van der Waals surface area contributed by atoms with Crippen molar-refractivity contribution in [1.29, 1.82) is 0 Å². The summed E-state index contributed by atoms with van der Waals surface area (Å²) in [5.74, 6) is 0.776. The summed E-state index contributed by atoms with van der Waals surface area (Å²) in [6.07, 6.45) is 1.28. The van der Waals surface area contributed by atoms with E-state index in [0.717, 1.165) is 32.2 Å². The largest absolute Gasteiger partial charge is 0.379 e. The Morgan fingerprint density at radius 2 is 1.93 bits per heavy atom. The van der Waals surface area contributed by atoms with E-state index in [9.17, 15) is 0 Å². The molecule has 1 saturated heterocycles. The fourth-order valence-corrected chi connectivity index (χ4v) is 2.10. The third-order valence-electron chi connectivity index (χ3n) is 2.79. The maximum Gasteiger partial charge on any atom is 0.0594 e. The van der Waals surface area contributed by atoms with Gasteiger partial charge >= 0.3 is 0 Å². The first kappa shape index (κ1) is 12.9. The van der Waals surface area contributed by atoms with Crippen molar-refractivity contribution >= 4 is 0 Å². The van der Waals surface area contributed by atoms with Crippen molar-refractivity contribution in [1.82, 2.24) is 9.80 Å². The molecule has 3 heteroatoms. The highest BCUT2D eigenvalue weighted by atomic mass is 16.5. The van der Waals surface area contributed by atoms with Gasteiger partial charge < -0.3 is 9.64 Å². The van der Waals surface area contributed by atoms with Crippen molar-refractivity contribution in [3.05, 3.63) is 0 Å². The van der Waals surface area contributed by atoms with Gasteiger partial charge in [-0.3, -0.25) is 4.90 Å². The molecule has 0 saturated carbocycles. The summed E-state index contributed by atoms with van der Waals surface area (Å²) in [5.41, 5.74) is 0. The summed E-state index contributed by atoms with van der Waals surface area (Å²) >= 11 is 0. The van der Waals surface area contributed by atoms with Crippen molar-refractivity contribution in [2.45, 2.75) is 20.3 Å². The van der Waals surface area contributed by atoms with Crippen molar-refractivity contribution in [3.8, 4) is 0 Å². The van der Waals surface area contributed by atoms with Crippen LogP contribution in [0.15, 0.2) is 0 Å². The Kier molecular flexibility index (Phi) is 6.22. The van der Waals surface area contributed by atoms with Crippen LogP contribution in [0.5, 0.6) is 0 Å². The van der Waals surface area contributed by atoms with Crippen LogP contribution in [0.4, 0.5) is 0 Å². The minimum absolute atomic E-state index is 0.776. The second kappa shape index (κ2) is 7.20. The van der Waals surface area contributed by atoms with Crippen molar-refractivity contribution < 1.29 is 4.74 Å². The number of morpholine rings is 1. The Balaban J connectivity index is 1.99. The van der Waals surface area contributed by atoms with Gasteiger partial charge in [0.15, 0.2) is 0 Å². The van der Waals surface area contributed by atoms with Gasteiger partial charge in [-0.2, -0.15) is 0 Å². The van der Waals surface area contributed by atoms with Crippen LogP contribution >= 0.6 is 0 Å². The molecule has 0 atom stereocenters. The maximum atomic E-state index is 5.33. The smallest absolute Gasteiger partial charge is 0.0594 e. The van der Waals surface area contributed by atoms with Crippen LogP contribution in [0.3, 0.4) is 0 Å². The fraction of sp³-hybridized carbons (Fsp3) is 1.00. The molecule has 15 heavy (non-hydrogen) atoms. The second-order valence-electron chi connectivity index (χ2n) is 4.96. The molecule has 0 aromatic carbocycles. The van der Waals surface area contributed by atoms with Crippen LogP contribution in [0.25, 0.3) is 0 Å². The third-order valence-corrected chi connectivity index (χ3v) is 2.79. The van der Waals surface area contributed by atoms with Gasteiger partial charge in [0.05, 0.1) is 13.2 Å². The summed E-state index contributed by atoms with van der Waals surface area (Å²) in [7, 11) is 2.22. The zero-order valence-corrected chi connectivity index (χ0v) is 10.5. The number of hydrogen-bond donors (Lipinski definition) is 0. The minimum atomic E-state index is 0.776. The molecule has 1 aliphatic rings. The molecule has 1 rings (SSSR count). The molecule has 3 nitrogen and oxygen atoms in total. The van der Waals surface area contributed by atoms with E-state index in [4.69, 9.17) is 4.74 Å². The highest BCUT2D eigenvalue weighted by Crippen LogP contribution is 2.00. The number of rotatable bonds is 6. The number of ether oxygens (including phenoxy) is 1. The monoisotopic (exact) mass is 214 g/mol. The Morgan fingerprint density at radius 1 is 1.27 bits per heavy atom. The van der Waals surface area contributed by atoms with Gasteiger partial charge in [-0.15, -0.1) is 0 Å². The summed E-state index contributed by atoms with van der Waals surface area (Å²) in [4.78, 5) is 4.94. The zero-order chi connectivity index (χ0) is 11.1. The van der Waals surface area contributed by atoms with Gasteiger partial charge in [0.25, 0.3) is 0 Å². The van der Waals surface area contributed by atoms with Crippen LogP contribution < -0.4 is 0 Å². The molecular weight excluding hydrogens is 188 g/mol. The third kappa shape index (κ3) is 6.13. The molecule has 0 spiro atoms. The quantitative estimate of drug-likeness (QED) is 0.663. The molecule has 1 heterocycles. The first-order valence-electron chi connectivity index (χ1n) is 6.17. The van der Waals surface area contributed by atoms with Gasteiger partial charge in [0, 0.05) is 19.6 Å². The first-order valence-corrected chi connectivity index (χ1v) is 6.17. The molecule has 0 aromatic rings. The zero-order valence-electron chi connectivity index (χ0n) is 10.5. The molecule has 0 unspecified atom stereocenters. The first-order chi connectivity index (χ1) is 7.18. The van der Waals surface area contributed by atoms with Crippen molar-refractivity contribution in [2.75, 3.05) is 53.0 Å². The fourth-order valence-electron chi connectivity index (χ4n) is 2.10. The van der Waals surface area contributed by atoms with E-state index >= 15 is 0 Å². The second-order valence-corrected chi connectivity index (χ2v) is 4.96. The average Bonchev–Trinajstić information content (AvgIpc) is 2.18. The van der Waals surface area contributed by atoms with E-state index in [2.05, 4.69) is 30.7 Å². The number of nitrogens with zero attached hydrogens (tertiary/aromatic N) is 2. The molecule has 0 bridgehead atoms. The Hall–Kier alpha value is -0.120. The van der Waals surface area contributed by atoms with E-state index in [-0.39, 0.29) is 0 Å². The normalized spacial score (nSPS) is 19.0. The average molecular weight is 214 g/mol. The molecule has 0 aliphatic carbocycles. The molecule has 90 valence electrons. The Bertz CT molecular complexity index is 156. The molecule has 1 fully saturated rings. The van der Waals surface area contributed by atoms with Crippen LogP contribution in [0.2, 0.25) is 0 Å². The predicted octanol–water partition coefficient (Wildman–Crippen LogP) is 1.30. The highest BCUT2D eigenvalue weighted by molar-refractivity contribution is 4.63. The van der Waals surface area contributed by atoms with E-state index in [1.807, 2.05) is 0 Å². The van der Waals surface area contributed by atoms with E-state index in [1.165, 1.54) is 26.1 Å². The van der Waals surface area contributed by atoms with Crippen LogP contribution in [-0.2, 0) is 4.74 Å². The van der Waals surface area contributed by atoms with Gasteiger partial charge in [0.2, 0.25) is 0 Å². The topological polar surface area (TPSA) is 15.7 Å². The van der Waals surface area contributed by atoms with Crippen LogP contribution in [0, 0.1) is 5.92 Å². The lowest BCUT2D eigenvalue weighted by Crippen LogP contribution is -2.38. The van der Waals surface area contributed by atoms with Gasteiger partial charge in [-0.05, 0) is 32.5 Å².